The predicted molar refractivity (Wildman–Crippen MR) is 67.8 cm³/mol. The number of aromatic nitrogens is 3. The zero-order valence-electron chi connectivity index (χ0n) is 11.3. The highest BCUT2D eigenvalue weighted by molar-refractivity contribution is 5.80. The van der Waals surface area contributed by atoms with Gasteiger partial charge in [-0.3, -0.25) is 4.79 Å². The lowest BCUT2D eigenvalue weighted by Gasteiger charge is -2.20. The maximum atomic E-state index is 12.2. The van der Waals surface area contributed by atoms with Crippen molar-refractivity contribution in [3.8, 4) is 0 Å². The first-order valence-electron chi connectivity index (χ1n) is 6.39. The van der Waals surface area contributed by atoms with Crippen molar-refractivity contribution in [2.45, 2.75) is 45.2 Å². The number of carbonyl (C=O) groups is 1. The van der Waals surface area contributed by atoms with Gasteiger partial charge in [0.15, 0.2) is 0 Å². The summed E-state index contributed by atoms with van der Waals surface area (Å²) in [7, 11) is 0. The van der Waals surface area contributed by atoms with Crippen LogP contribution in [0.25, 0.3) is 0 Å². The van der Waals surface area contributed by atoms with Gasteiger partial charge in [-0.05, 0) is 33.6 Å². The van der Waals surface area contributed by atoms with Crippen molar-refractivity contribution in [1.82, 2.24) is 19.9 Å². The summed E-state index contributed by atoms with van der Waals surface area (Å²) in [5.41, 5.74) is 6.12. The molecular formula is C12H21N5O. The van der Waals surface area contributed by atoms with Crippen LogP contribution in [-0.4, -0.2) is 38.9 Å². The molecule has 2 heterocycles. The minimum absolute atomic E-state index is 0.110. The predicted octanol–water partition coefficient (Wildman–Crippen LogP) is 0.655. The standard InChI is InChI=1S/C12H21N5O/c1-9(11(18)16-6-4-5-7-16)17-8-10(14-15-17)12(2,3)13/h8-9H,4-7,13H2,1-3H3. The van der Waals surface area contributed by atoms with Gasteiger partial charge in [0, 0.05) is 13.1 Å². The van der Waals surface area contributed by atoms with Crippen molar-refractivity contribution in [2.24, 2.45) is 5.73 Å². The van der Waals surface area contributed by atoms with Gasteiger partial charge in [-0.15, -0.1) is 5.10 Å². The Morgan fingerprint density at radius 2 is 2.06 bits per heavy atom. The number of hydrogen-bond acceptors (Lipinski definition) is 4. The number of amides is 1. The Morgan fingerprint density at radius 3 is 2.56 bits per heavy atom. The van der Waals surface area contributed by atoms with Crippen LogP contribution in [0, 0.1) is 0 Å². The van der Waals surface area contributed by atoms with Gasteiger partial charge >= 0.3 is 0 Å². The number of nitrogens with zero attached hydrogens (tertiary/aromatic N) is 4. The van der Waals surface area contributed by atoms with Crippen LogP contribution < -0.4 is 5.73 Å². The van der Waals surface area contributed by atoms with Crippen LogP contribution in [0.3, 0.4) is 0 Å². The van der Waals surface area contributed by atoms with Gasteiger partial charge in [-0.2, -0.15) is 0 Å². The minimum Gasteiger partial charge on any atom is -0.341 e. The first-order chi connectivity index (χ1) is 8.39. The second-order valence-electron chi connectivity index (χ2n) is 5.51. The molecule has 100 valence electrons. The Kier molecular flexibility index (Phi) is 3.38. The van der Waals surface area contributed by atoms with Crippen LogP contribution in [0.1, 0.15) is 45.3 Å². The molecular weight excluding hydrogens is 230 g/mol. The molecule has 0 aromatic carbocycles. The van der Waals surface area contributed by atoms with Crippen LogP contribution in [0.5, 0.6) is 0 Å². The summed E-state index contributed by atoms with van der Waals surface area (Å²) in [5.74, 6) is 0.110. The summed E-state index contributed by atoms with van der Waals surface area (Å²) in [4.78, 5) is 14.1. The van der Waals surface area contributed by atoms with E-state index in [-0.39, 0.29) is 11.9 Å². The molecule has 0 bridgehead atoms. The zero-order valence-corrected chi connectivity index (χ0v) is 11.3. The smallest absolute Gasteiger partial charge is 0.247 e. The van der Waals surface area contributed by atoms with Gasteiger partial charge < -0.3 is 10.6 Å². The fourth-order valence-electron chi connectivity index (χ4n) is 2.08. The molecule has 1 aliphatic rings. The third-order valence-corrected chi connectivity index (χ3v) is 3.34. The lowest BCUT2D eigenvalue weighted by molar-refractivity contribution is -0.133. The Labute approximate surface area is 107 Å². The SMILES string of the molecule is CC(C(=O)N1CCCC1)n1cc(C(C)(C)N)nn1. The molecule has 2 rings (SSSR count). The molecule has 1 aromatic rings. The van der Waals surface area contributed by atoms with Gasteiger partial charge in [0.2, 0.25) is 5.91 Å². The monoisotopic (exact) mass is 251 g/mol. The molecule has 1 unspecified atom stereocenters. The molecule has 1 amide bonds. The van der Waals surface area contributed by atoms with E-state index in [4.69, 9.17) is 5.73 Å². The summed E-state index contributed by atoms with van der Waals surface area (Å²) >= 11 is 0. The first-order valence-corrected chi connectivity index (χ1v) is 6.39. The number of hydrogen-bond donors (Lipinski definition) is 1. The van der Waals surface area contributed by atoms with Crippen LogP contribution in [0.15, 0.2) is 6.20 Å². The summed E-state index contributed by atoms with van der Waals surface area (Å²) in [5, 5.41) is 8.05. The Morgan fingerprint density at radius 1 is 1.44 bits per heavy atom. The molecule has 0 saturated carbocycles. The molecule has 0 radical (unpaired) electrons. The molecule has 1 saturated heterocycles. The average molecular weight is 251 g/mol. The molecule has 1 aromatic heterocycles. The molecule has 0 spiro atoms. The van der Waals surface area contributed by atoms with E-state index >= 15 is 0 Å². The van der Waals surface area contributed by atoms with E-state index in [1.54, 1.807) is 10.9 Å². The van der Waals surface area contributed by atoms with Gasteiger partial charge in [0.05, 0.1) is 11.7 Å². The highest BCUT2D eigenvalue weighted by atomic mass is 16.2. The van der Waals surface area contributed by atoms with Crippen LogP contribution in [0.2, 0.25) is 0 Å². The van der Waals surface area contributed by atoms with Gasteiger partial charge in [-0.1, -0.05) is 5.21 Å². The number of nitrogens with two attached hydrogens (primary N) is 1. The maximum Gasteiger partial charge on any atom is 0.247 e. The lowest BCUT2D eigenvalue weighted by atomic mass is 10.0. The summed E-state index contributed by atoms with van der Waals surface area (Å²) in [6.07, 6.45) is 3.95. The molecule has 6 heteroatoms. The van der Waals surface area contributed by atoms with E-state index in [9.17, 15) is 4.79 Å². The fraction of sp³-hybridized carbons (Fsp3) is 0.750. The summed E-state index contributed by atoms with van der Waals surface area (Å²) in [6.45, 7) is 7.30. The molecule has 1 fully saturated rings. The fourth-order valence-corrected chi connectivity index (χ4v) is 2.08. The third kappa shape index (κ3) is 2.53. The Bertz CT molecular complexity index is 428. The highest BCUT2D eigenvalue weighted by Gasteiger charge is 2.26. The topological polar surface area (TPSA) is 77.0 Å². The third-order valence-electron chi connectivity index (χ3n) is 3.34. The van der Waals surface area contributed by atoms with E-state index in [1.165, 1.54) is 0 Å². The van der Waals surface area contributed by atoms with Crippen molar-refractivity contribution in [2.75, 3.05) is 13.1 Å². The zero-order chi connectivity index (χ0) is 13.3. The van der Waals surface area contributed by atoms with Gasteiger partial charge in [0.25, 0.3) is 0 Å². The van der Waals surface area contributed by atoms with E-state index in [2.05, 4.69) is 10.3 Å². The molecule has 0 aliphatic carbocycles. The van der Waals surface area contributed by atoms with E-state index in [1.807, 2.05) is 25.7 Å². The summed E-state index contributed by atoms with van der Waals surface area (Å²) < 4.78 is 1.60. The van der Waals surface area contributed by atoms with Crippen molar-refractivity contribution in [1.29, 1.82) is 0 Å². The quantitative estimate of drug-likeness (QED) is 0.856. The van der Waals surface area contributed by atoms with Crippen molar-refractivity contribution < 1.29 is 4.79 Å². The average Bonchev–Trinajstić information content (AvgIpc) is 2.96. The summed E-state index contributed by atoms with van der Waals surface area (Å²) in [6, 6.07) is -0.313. The maximum absolute atomic E-state index is 12.2. The van der Waals surface area contributed by atoms with Crippen LogP contribution in [0.4, 0.5) is 0 Å². The normalized spacial score (nSPS) is 18.1. The molecule has 6 nitrogen and oxygen atoms in total. The number of rotatable bonds is 3. The molecule has 1 aliphatic heterocycles. The van der Waals surface area contributed by atoms with E-state index in [0.29, 0.717) is 5.69 Å². The number of likely N-dealkylation sites (tertiary alicyclic amines) is 1. The largest absolute Gasteiger partial charge is 0.341 e. The molecule has 18 heavy (non-hydrogen) atoms. The minimum atomic E-state index is -0.533. The van der Waals surface area contributed by atoms with Crippen molar-refractivity contribution in [3.63, 3.8) is 0 Å². The van der Waals surface area contributed by atoms with Crippen LogP contribution in [-0.2, 0) is 10.3 Å². The number of carbonyl (C=O) groups excluding carboxylic acids is 1. The van der Waals surface area contributed by atoms with Gasteiger partial charge in [0.1, 0.15) is 11.7 Å². The highest BCUT2D eigenvalue weighted by Crippen LogP contribution is 2.18. The Balaban J connectivity index is 2.11. The molecule has 1 atom stereocenters. The lowest BCUT2D eigenvalue weighted by Crippen LogP contribution is -2.34. The second-order valence-corrected chi connectivity index (χ2v) is 5.51. The van der Waals surface area contributed by atoms with Crippen molar-refractivity contribution >= 4 is 5.91 Å². The Hall–Kier alpha value is -1.43. The second kappa shape index (κ2) is 4.68. The van der Waals surface area contributed by atoms with E-state index < -0.39 is 5.54 Å². The van der Waals surface area contributed by atoms with Gasteiger partial charge in [-0.25, -0.2) is 4.68 Å². The van der Waals surface area contributed by atoms with Crippen LogP contribution >= 0.6 is 0 Å². The molecule has 2 N–H and O–H groups in total. The van der Waals surface area contributed by atoms with Crippen molar-refractivity contribution in [3.05, 3.63) is 11.9 Å². The van der Waals surface area contributed by atoms with E-state index in [0.717, 1.165) is 25.9 Å². The first kappa shape index (κ1) is 13.0.